The van der Waals surface area contributed by atoms with Crippen LogP contribution in [0.5, 0.6) is 0 Å². The van der Waals surface area contributed by atoms with Crippen molar-refractivity contribution in [3.05, 3.63) is 108 Å². The lowest BCUT2D eigenvalue weighted by molar-refractivity contribution is -0.137. The first-order valence-electron chi connectivity index (χ1n) is 14.8. The van der Waals surface area contributed by atoms with Gasteiger partial charge < -0.3 is 9.84 Å². The molecule has 0 radical (unpaired) electrons. The standard InChI is InChI=1S/C35H46O3/c36-34(37)29-21-10-8-6-4-2-1-3-5-7-9-11-22-30-38-35(31-23-15-12-16-24-31,32-25-17-13-18-26-32)33-27-19-14-20-28-33/h12-20,23-28H,1-11,21-22,29-30H2,(H,36,37). The van der Waals surface area contributed by atoms with Gasteiger partial charge in [0.05, 0.1) is 0 Å². The summed E-state index contributed by atoms with van der Waals surface area (Å²) in [6.45, 7) is 0.727. The van der Waals surface area contributed by atoms with Crippen molar-refractivity contribution in [2.24, 2.45) is 0 Å². The smallest absolute Gasteiger partial charge is 0.303 e. The molecule has 1 N–H and O–H groups in total. The van der Waals surface area contributed by atoms with Gasteiger partial charge in [-0.3, -0.25) is 4.79 Å². The van der Waals surface area contributed by atoms with E-state index in [-0.39, 0.29) is 0 Å². The molecule has 0 aliphatic carbocycles. The highest BCUT2D eigenvalue weighted by Crippen LogP contribution is 2.40. The van der Waals surface area contributed by atoms with E-state index in [1.807, 2.05) is 0 Å². The molecule has 38 heavy (non-hydrogen) atoms. The molecule has 3 rings (SSSR count). The van der Waals surface area contributed by atoms with Gasteiger partial charge in [-0.25, -0.2) is 0 Å². The first-order valence-corrected chi connectivity index (χ1v) is 14.8. The van der Waals surface area contributed by atoms with E-state index >= 15 is 0 Å². The van der Waals surface area contributed by atoms with Crippen LogP contribution in [0.1, 0.15) is 107 Å². The fraction of sp³-hybridized carbons (Fsp3) is 0.457. The Labute approximate surface area is 230 Å². The summed E-state index contributed by atoms with van der Waals surface area (Å²) >= 11 is 0. The molecule has 3 aromatic rings. The maximum absolute atomic E-state index is 10.5. The molecule has 0 aliphatic heterocycles. The highest BCUT2D eigenvalue weighted by Gasteiger charge is 2.37. The largest absolute Gasteiger partial charge is 0.481 e. The SMILES string of the molecule is O=C(O)CCCCCCCCCCCCCCCOC(c1ccccc1)(c1ccccc1)c1ccccc1. The maximum atomic E-state index is 10.5. The number of hydrogen-bond donors (Lipinski definition) is 1. The zero-order chi connectivity index (χ0) is 26.7. The zero-order valence-electron chi connectivity index (χ0n) is 23.0. The molecule has 0 saturated heterocycles. The lowest BCUT2D eigenvalue weighted by atomic mass is 9.80. The molecule has 0 unspecified atom stereocenters. The van der Waals surface area contributed by atoms with Crippen molar-refractivity contribution in [3.8, 4) is 0 Å². The topological polar surface area (TPSA) is 46.5 Å². The highest BCUT2D eigenvalue weighted by molar-refractivity contribution is 5.66. The molecule has 204 valence electrons. The minimum atomic E-state index is -0.669. The predicted octanol–water partition coefficient (Wildman–Crippen LogP) is 9.54. The van der Waals surface area contributed by atoms with E-state index < -0.39 is 11.6 Å². The van der Waals surface area contributed by atoms with E-state index in [0.717, 1.165) is 42.6 Å². The Bertz CT molecular complexity index is 904. The van der Waals surface area contributed by atoms with Crippen molar-refractivity contribution in [3.63, 3.8) is 0 Å². The second-order valence-electron chi connectivity index (χ2n) is 10.4. The molecular weight excluding hydrogens is 468 g/mol. The first-order chi connectivity index (χ1) is 18.7. The van der Waals surface area contributed by atoms with Gasteiger partial charge in [-0.05, 0) is 29.5 Å². The van der Waals surface area contributed by atoms with Crippen LogP contribution in [0.3, 0.4) is 0 Å². The Kier molecular flexibility index (Phi) is 13.7. The van der Waals surface area contributed by atoms with E-state index in [1.165, 1.54) is 64.2 Å². The number of carboxylic acid groups (broad SMARTS) is 1. The third-order valence-electron chi connectivity index (χ3n) is 7.39. The molecule has 0 spiro atoms. The van der Waals surface area contributed by atoms with E-state index in [4.69, 9.17) is 9.84 Å². The summed E-state index contributed by atoms with van der Waals surface area (Å²) in [5, 5.41) is 8.67. The Hall–Kier alpha value is -2.91. The summed E-state index contributed by atoms with van der Waals surface area (Å²) in [6.07, 6.45) is 16.0. The third kappa shape index (κ3) is 9.76. The number of carbonyl (C=O) groups is 1. The molecule has 0 amide bonds. The molecule has 3 heteroatoms. The average molecular weight is 515 g/mol. The maximum Gasteiger partial charge on any atom is 0.303 e. The number of carboxylic acids is 1. The minimum Gasteiger partial charge on any atom is -0.481 e. The number of hydrogen-bond acceptors (Lipinski definition) is 2. The highest BCUT2D eigenvalue weighted by atomic mass is 16.5. The lowest BCUT2D eigenvalue weighted by Gasteiger charge is -2.36. The summed E-state index contributed by atoms with van der Waals surface area (Å²) in [6, 6.07) is 31.9. The van der Waals surface area contributed by atoms with Crippen molar-refractivity contribution >= 4 is 5.97 Å². The van der Waals surface area contributed by atoms with Gasteiger partial charge in [0.25, 0.3) is 0 Å². The van der Waals surface area contributed by atoms with Gasteiger partial charge >= 0.3 is 5.97 Å². The number of ether oxygens (including phenoxy) is 1. The summed E-state index contributed by atoms with van der Waals surface area (Å²) in [5.74, 6) is -0.669. The van der Waals surface area contributed by atoms with Crippen LogP contribution >= 0.6 is 0 Å². The number of aliphatic carboxylic acids is 1. The van der Waals surface area contributed by atoms with Gasteiger partial charge in [-0.1, -0.05) is 162 Å². The molecule has 3 nitrogen and oxygen atoms in total. The van der Waals surface area contributed by atoms with E-state index in [1.54, 1.807) is 0 Å². The van der Waals surface area contributed by atoms with E-state index in [9.17, 15) is 4.79 Å². The molecule has 0 aromatic heterocycles. The van der Waals surface area contributed by atoms with Crippen LogP contribution in [0.25, 0.3) is 0 Å². The van der Waals surface area contributed by atoms with Gasteiger partial charge in [0.2, 0.25) is 0 Å². The van der Waals surface area contributed by atoms with Crippen molar-refractivity contribution in [2.75, 3.05) is 6.61 Å². The van der Waals surface area contributed by atoms with Crippen LogP contribution in [0.2, 0.25) is 0 Å². The van der Waals surface area contributed by atoms with E-state index in [2.05, 4.69) is 91.0 Å². The summed E-state index contributed by atoms with van der Waals surface area (Å²) < 4.78 is 6.88. The molecule has 0 fully saturated rings. The Morgan fingerprint density at radius 2 is 0.816 bits per heavy atom. The third-order valence-corrected chi connectivity index (χ3v) is 7.39. The van der Waals surface area contributed by atoms with Crippen molar-refractivity contribution in [2.45, 2.75) is 95.5 Å². The van der Waals surface area contributed by atoms with Crippen LogP contribution in [-0.2, 0) is 15.1 Å². The van der Waals surface area contributed by atoms with Crippen molar-refractivity contribution < 1.29 is 14.6 Å². The minimum absolute atomic E-state index is 0.320. The first kappa shape index (κ1) is 29.6. The zero-order valence-corrected chi connectivity index (χ0v) is 23.0. The second kappa shape index (κ2) is 17.6. The van der Waals surface area contributed by atoms with Crippen LogP contribution < -0.4 is 0 Å². The lowest BCUT2D eigenvalue weighted by Crippen LogP contribution is -2.33. The average Bonchev–Trinajstić information content (AvgIpc) is 2.96. The van der Waals surface area contributed by atoms with Gasteiger partial charge in [-0.2, -0.15) is 0 Å². The van der Waals surface area contributed by atoms with Crippen LogP contribution in [0, 0.1) is 0 Å². The Balaban J connectivity index is 1.38. The molecule has 0 bridgehead atoms. The fourth-order valence-corrected chi connectivity index (χ4v) is 5.32. The molecule has 0 saturated carbocycles. The van der Waals surface area contributed by atoms with E-state index in [0.29, 0.717) is 6.42 Å². The quantitative estimate of drug-likeness (QED) is 0.121. The summed E-state index contributed by atoms with van der Waals surface area (Å²) in [7, 11) is 0. The second-order valence-corrected chi connectivity index (χ2v) is 10.4. The number of unbranched alkanes of at least 4 members (excludes halogenated alkanes) is 12. The number of benzene rings is 3. The van der Waals surface area contributed by atoms with Crippen LogP contribution in [-0.4, -0.2) is 17.7 Å². The van der Waals surface area contributed by atoms with Gasteiger partial charge in [0.1, 0.15) is 5.60 Å². The molecule has 3 aromatic carbocycles. The molecule has 0 heterocycles. The van der Waals surface area contributed by atoms with Gasteiger partial charge in [0.15, 0.2) is 0 Å². The van der Waals surface area contributed by atoms with Crippen molar-refractivity contribution in [1.82, 2.24) is 0 Å². The predicted molar refractivity (Wildman–Crippen MR) is 157 cm³/mol. The molecule has 0 aliphatic rings. The van der Waals surface area contributed by atoms with Crippen LogP contribution in [0.15, 0.2) is 91.0 Å². The Morgan fingerprint density at radius 3 is 1.16 bits per heavy atom. The summed E-state index contributed by atoms with van der Waals surface area (Å²) in [4.78, 5) is 10.5. The van der Waals surface area contributed by atoms with Crippen LogP contribution in [0.4, 0.5) is 0 Å². The van der Waals surface area contributed by atoms with Gasteiger partial charge in [-0.15, -0.1) is 0 Å². The number of rotatable bonds is 20. The monoisotopic (exact) mass is 514 g/mol. The normalized spacial score (nSPS) is 11.5. The molecule has 0 atom stereocenters. The molecular formula is C35H46O3. The Morgan fingerprint density at radius 1 is 0.500 bits per heavy atom. The van der Waals surface area contributed by atoms with Crippen molar-refractivity contribution in [1.29, 1.82) is 0 Å². The fourth-order valence-electron chi connectivity index (χ4n) is 5.32. The summed E-state index contributed by atoms with van der Waals surface area (Å²) in [5.41, 5.74) is 2.88. The van der Waals surface area contributed by atoms with Gasteiger partial charge in [0, 0.05) is 13.0 Å².